The Hall–Kier alpha value is -1.75. The third kappa shape index (κ3) is 6.67. The number of para-hydroxylation sites is 1. The second kappa shape index (κ2) is 9.22. The average Bonchev–Trinajstić information content (AvgIpc) is 2.43. The molecule has 0 radical (unpaired) electrons. The molecule has 1 rings (SSSR count). The van der Waals surface area contributed by atoms with E-state index >= 15 is 0 Å². The number of nitrogens with zero attached hydrogens (tertiary/aromatic N) is 1. The largest absolute Gasteiger partial charge is 0.492 e. The van der Waals surface area contributed by atoms with Gasteiger partial charge in [-0.05, 0) is 19.1 Å². The van der Waals surface area contributed by atoms with Crippen molar-refractivity contribution in [3.63, 3.8) is 0 Å². The highest BCUT2D eigenvalue weighted by atomic mass is 16.5. The molecule has 0 saturated heterocycles. The predicted molar refractivity (Wildman–Crippen MR) is 77.8 cm³/mol. The van der Waals surface area contributed by atoms with E-state index < -0.39 is 0 Å². The molecule has 2 N–H and O–H groups in total. The summed E-state index contributed by atoms with van der Waals surface area (Å²) in [6, 6.07) is 9.96. The molecule has 0 bridgehead atoms. The quantitative estimate of drug-likeness (QED) is 0.443. The Morgan fingerprint density at radius 1 is 1.32 bits per heavy atom. The summed E-state index contributed by atoms with van der Waals surface area (Å²) in [6.07, 6.45) is 0. The monoisotopic (exact) mass is 265 g/mol. The molecule has 1 aromatic carbocycles. The topological polar surface area (TPSA) is 54.9 Å². The molecule has 106 valence electrons. The fraction of sp³-hybridized carbons (Fsp3) is 0.500. The number of hydrogen-bond acceptors (Lipinski definition) is 3. The van der Waals surface area contributed by atoms with Crippen molar-refractivity contribution in [3.05, 3.63) is 30.3 Å². The first-order valence-corrected chi connectivity index (χ1v) is 6.40. The van der Waals surface area contributed by atoms with E-state index in [1.165, 1.54) is 0 Å². The van der Waals surface area contributed by atoms with Gasteiger partial charge in [0.1, 0.15) is 12.4 Å². The van der Waals surface area contributed by atoms with Crippen LogP contribution < -0.4 is 15.4 Å². The van der Waals surface area contributed by atoms with Gasteiger partial charge in [-0.15, -0.1) is 0 Å². The Balaban J connectivity index is 2.20. The zero-order chi connectivity index (χ0) is 13.9. The van der Waals surface area contributed by atoms with Crippen LogP contribution in [0.1, 0.15) is 6.92 Å². The lowest BCUT2D eigenvalue weighted by Gasteiger charge is -2.17. The molecule has 1 unspecified atom stereocenters. The maximum absolute atomic E-state index is 5.58. The Morgan fingerprint density at radius 2 is 2.05 bits per heavy atom. The van der Waals surface area contributed by atoms with Crippen molar-refractivity contribution in [1.29, 1.82) is 0 Å². The number of benzene rings is 1. The van der Waals surface area contributed by atoms with Crippen LogP contribution >= 0.6 is 0 Å². The molecule has 0 aliphatic carbocycles. The van der Waals surface area contributed by atoms with Gasteiger partial charge in [-0.25, -0.2) is 0 Å². The number of nitrogens with one attached hydrogen (secondary N) is 2. The van der Waals surface area contributed by atoms with Gasteiger partial charge in [-0.1, -0.05) is 18.2 Å². The van der Waals surface area contributed by atoms with Crippen LogP contribution in [0.2, 0.25) is 0 Å². The first-order valence-electron chi connectivity index (χ1n) is 6.40. The fourth-order valence-corrected chi connectivity index (χ4v) is 1.57. The molecular weight excluding hydrogens is 242 g/mol. The molecule has 0 fully saturated rings. The van der Waals surface area contributed by atoms with Gasteiger partial charge < -0.3 is 20.1 Å². The van der Waals surface area contributed by atoms with Crippen molar-refractivity contribution in [3.8, 4) is 5.75 Å². The molecule has 0 aromatic heterocycles. The van der Waals surface area contributed by atoms with Crippen LogP contribution in [0.3, 0.4) is 0 Å². The van der Waals surface area contributed by atoms with Crippen LogP contribution in [0.5, 0.6) is 5.75 Å². The number of guanidine groups is 1. The molecule has 0 saturated carbocycles. The van der Waals surface area contributed by atoms with E-state index in [-0.39, 0.29) is 6.04 Å². The van der Waals surface area contributed by atoms with E-state index in [0.29, 0.717) is 19.8 Å². The molecule has 0 heterocycles. The summed E-state index contributed by atoms with van der Waals surface area (Å²) in [4.78, 5) is 4.14. The maximum Gasteiger partial charge on any atom is 0.191 e. The third-order valence-corrected chi connectivity index (χ3v) is 2.43. The second-order valence-electron chi connectivity index (χ2n) is 4.16. The summed E-state index contributed by atoms with van der Waals surface area (Å²) in [5.41, 5.74) is 0. The lowest BCUT2D eigenvalue weighted by Crippen LogP contribution is -2.45. The number of hydrogen-bond donors (Lipinski definition) is 2. The average molecular weight is 265 g/mol. The minimum Gasteiger partial charge on any atom is -0.492 e. The minimum atomic E-state index is 0.214. The Morgan fingerprint density at radius 3 is 2.68 bits per heavy atom. The third-order valence-electron chi connectivity index (χ3n) is 2.43. The van der Waals surface area contributed by atoms with E-state index in [4.69, 9.17) is 9.47 Å². The van der Waals surface area contributed by atoms with Crippen LogP contribution in [0.4, 0.5) is 0 Å². The van der Waals surface area contributed by atoms with Gasteiger partial charge >= 0.3 is 0 Å². The summed E-state index contributed by atoms with van der Waals surface area (Å²) < 4.78 is 10.6. The molecule has 0 aliphatic rings. The minimum absolute atomic E-state index is 0.214. The van der Waals surface area contributed by atoms with Gasteiger partial charge in [0, 0.05) is 20.2 Å². The lowest BCUT2D eigenvalue weighted by atomic mass is 10.3. The smallest absolute Gasteiger partial charge is 0.191 e. The first-order chi connectivity index (χ1) is 9.26. The highest BCUT2D eigenvalue weighted by molar-refractivity contribution is 5.79. The fourth-order valence-electron chi connectivity index (χ4n) is 1.57. The molecule has 1 aromatic rings. The van der Waals surface area contributed by atoms with Gasteiger partial charge in [0.15, 0.2) is 5.96 Å². The van der Waals surface area contributed by atoms with E-state index in [9.17, 15) is 0 Å². The number of methoxy groups -OCH3 is 1. The molecular formula is C14H23N3O2. The van der Waals surface area contributed by atoms with Crippen molar-refractivity contribution in [2.75, 3.05) is 33.9 Å². The van der Waals surface area contributed by atoms with Crippen LogP contribution in [0.25, 0.3) is 0 Å². The standard InChI is InChI=1S/C14H23N3O2/c1-12(11-18-3)17-14(15-2)16-9-10-19-13-7-5-4-6-8-13/h4-8,12H,9-11H2,1-3H3,(H2,15,16,17). The summed E-state index contributed by atoms with van der Waals surface area (Å²) in [7, 11) is 3.43. The van der Waals surface area contributed by atoms with Gasteiger partial charge in [0.2, 0.25) is 0 Å². The summed E-state index contributed by atoms with van der Waals surface area (Å²) in [6.45, 7) is 3.95. The molecule has 5 nitrogen and oxygen atoms in total. The van der Waals surface area contributed by atoms with Crippen molar-refractivity contribution in [2.45, 2.75) is 13.0 Å². The van der Waals surface area contributed by atoms with Crippen LogP contribution in [0, 0.1) is 0 Å². The Kier molecular flexibility index (Phi) is 7.43. The van der Waals surface area contributed by atoms with E-state index in [2.05, 4.69) is 15.6 Å². The summed E-state index contributed by atoms with van der Waals surface area (Å²) >= 11 is 0. The van der Waals surface area contributed by atoms with E-state index in [1.807, 2.05) is 37.3 Å². The number of aliphatic imine (C=N–C) groups is 1. The maximum atomic E-state index is 5.58. The van der Waals surface area contributed by atoms with Crippen LogP contribution in [-0.4, -0.2) is 45.9 Å². The molecule has 1 atom stereocenters. The first kappa shape index (κ1) is 15.3. The molecule has 0 spiro atoms. The predicted octanol–water partition coefficient (Wildman–Crippen LogP) is 1.27. The number of rotatable bonds is 7. The van der Waals surface area contributed by atoms with Gasteiger partial charge in [-0.3, -0.25) is 4.99 Å². The summed E-state index contributed by atoms with van der Waals surface area (Å²) in [5, 5.41) is 6.41. The number of ether oxygens (including phenoxy) is 2. The molecule has 5 heteroatoms. The Bertz CT molecular complexity index is 368. The second-order valence-corrected chi connectivity index (χ2v) is 4.16. The van der Waals surface area contributed by atoms with E-state index in [1.54, 1.807) is 14.2 Å². The lowest BCUT2D eigenvalue weighted by molar-refractivity contribution is 0.179. The van der Waals surface area contributed by atoms with Crippen LogP contribution in [0.15, 0.2) is 35.3 Å². The molecule has 0 aliphatic heterocycles. The molecule has 19 heavy (non-hydrogen) atoms. The van der Waals surface area contributed by atoms with Gasteiger partial charge in [-0.2, -0.15) is 0 Å². The van der Waals surface area contributed by atoms with Crippen molar-refractivity contribution < 1.29 is 9.47 Å². The normalized spacial score (nSPS) is 12.9. The van der Waals surface area contributed by atoms with Crippen molar-refractivity contribution in [1.82, 2.24) is 10.6 Å². The van der Waals surface area contributed by atoms with Crippen molar-refractivity contribution >= 4 is 5.96 Å². The van der Waals surface area contributed by atoms with Gasteiger partial charge in [0.05, 0.1) is 13.2 Å². The van der Waals surface area contributed by atoms with Crippen LogP contribution in [-0.2, 0) is 4.74 Å². The highest BCUT2D eigenvalue weighted by Crippen LogP contribution is 2.07. The zero-order valence-corrected chi connectivity index (χ0v) is 11.8. The van der Waals surface area contributed by atoms with E-state index in [0.717, 1.165) is 11.7 Å². The van der Waals surface area contributed by atoms with Gasteiger partial charge in [0.25, 0.3) is 0 Å². The SMILES string of the molecule is CN=C(NCCOc1ccccc1)NC(C)COC. The highest BCUT2D eigenvalue weighted by Gasteiger charge is 2.03. The van der Waals surface area contributed by atoms with Crippen molar-refractivity contribution in [2.24, 2.45) is 4.99 Å². The molecule has 0 amide bonds. The summed E-state index contributed by atoms with van der Waals surface area (Å²) in [5.74, 6) is 1.63. The Labute approximate surface area is 115 Å². The zero-order valence-electron chi connectivity index (χ0n) is 11.8.